The lowest BCUT2D eigenvalue weighted by Crippen LogP contribution is -1.90. The van der Waals surface area contributed by atoms with E-state index >= 15 is 0 Å². The Bertz CT molecular complexity index is 425. The van der Waals surface area contributed by atoms with Crippen LogP contribution in [0.3, 0.4) is 0 Å². The first-order valence-corrected chi connectivity index (χ1v) is 10.7. The molecule has 0 aliphatic rings. The van der Waals surface area contributed by atoms with Gasteiger partial charge in [-0.05, 0) is 23.3 Å². The Labute approximate surface area is 141 Å². The van der Waals surface area contributed by atoms with Gasteiger partial charge in [0.05, 0.1) is 0 Å². The van der Waals surface area contributed by atoms with Gasteiger partial charge in [0.1, 0.15) is 0 Å². The van der Waals surface area contributed by atoms with Crippen LogP contribution in [-0.2, 0) is 12.2 Å². The van der Waals surface area contributed by atoms with Gasteiger partial charge in [-0.25, -0.2) is 0 Å². The van der Waals surface area contributed by atoms with E-state index < -0.39 is 0 Å². The van der Waals surface area contributed by atoms with Gasteiger partial charge >= 0.3 is 0 Å². The van der Waals surface area contributed by atoms with Gasteiger partial charge in [-0.1, -0.05) is 60.7 Å². The van der Waals surface area contributed by atoms with Crippen molar-refractivity contribution in [1.82, 2.24) is 0 Å². The van der Waals surface area contributed by atoms with Crippen LogP contribution >= 0.6 is 35.3 Å². The topological polar surface area (TPSA) is 0 Å². The van der Waals surface area contributed by atoms with Crippen molar-refractivity contribution in [3.63, 3.8) is 0 Å². The molecule has 0 aliphatic carbocycles. The number of hydrogen-bond acceptors (Lipinski definition) is 3. The third kappa shape index (κ3) is 7.89. The van der Waals surface area contributed by atoms with Crippen LogP contribution in [0.5, 0.6) is 0 Å². The zero-order chi connectivity index (χ0) is 14.6. The molecule has 2 aromatic carbocycles. The van der Waals surface area contributed by atoms with E-state index in [2.05, 4.69) is 84.2 Å². The second-order valence-electron chi connectivity index (χ2n) is 4.71. The van der Waals surface area contributed by atoms with Crippen molar-refractivity contribution in [3.8, 4) is 0 Å². The quantitative estimate of drug-likeness (QED) is 0.411. The maximum absolute atomic E-state index is 2.22. The van der Waals surface area contributed by atoms with Crippen LogP contribution in [-0.4, -0.2) is 22.3 Å². The van der Waals surface area contributed by atoms with Gasteiger partial charge in [0.25, 0.3) is 0 Å². The van der Waals surface area contributed by atoms with E-state index in [9.17, 15) is 0 Å². The van der Waals surface area contributed by atoms with Crippen LogP contribution in [0.25, 0.3) is 0 Å². The molecule has 21 heavy (non-hydrogen) atoms. The van der Waals surface area contributed by atoms with Gasteiger partial charge in [0.15, 0.2) is 0 Å². The summed E-state index contributed by atoms with van der Waals surface area (Å²) in [6.07, 6.45) is 1.19. The highest BCUT2D eigenvalue weighted by molar-refractivity contribution is 8.16. The Morgan fingerprint density at radius 3 is 1.86 bits per heavy atom. The lowest BCUT2D eigenvalue weighted by atomic mass is 10.2. The lowest BCUT2D eigenvalue weighted by Gasteiger charge is -2.03. The van der Waals surface area contributed by atoms with E-state index in [1.807, 2.05) is 11.8 Å². The number of benzene rings is 2. The van der Waals surface area contributed by atoms with Gasteiger partial charge < -0.3 is 0 Å². The molecule has 112 valence electrons. The predicted octanol–water partition coefficient (Wildman–Crippen LogP) is 5.59. The fraction of sp³-hybridized carbons (Fsp3) is 0.333. The van der Waals surface area contributed by atoms with Crippen molar-refractivity contribution < 1.29 is 0 Å². The van der Waals surface area contributed by atoms with E-state index in [1.54, 1.807) is 0 Å². The molecule has 0 aliphatic heterocycles. The molecule has 0 atom stereocenters. The molecule has 0 N–H and O–H groups in total. The SMILES string of the molecule is c1ccc(CCSCSCCSCc2ccccc2)cc1. The summed E-state index contributed by atoms with van der Waals surface area (Å²) in [5.74, 6) is 4.88. The van der Waals surface area contributed by atoms with Crippen LogP contribution in [0.2, 0.25) is 0 Å². The average molecular weight is 335 g/mol. The molecule has 0 fully saturated rings. The Morgan fingerprint density at radius 1 is 0.571 bits per heavy atom. The van der Waals surface area contributed by atoms with Gasteiger partial charge in [0.2, 0.25) is 0 Å². The van der Waals surface area contributed by atoms with Crippen molar-refractivity contribution >= 4 is 35.3 Å². The van der Waals surface area contributed by atoms with Crippen LogP contribution in [0.15, 0.2) is 60.7 Å². The summed E-state index contributed by atoms with van der Waals surface area (Å²) < 4.78 is 0. The number of rotatable bonds is 10. The molecule has 0 bridgehead atoms. The molecule has 0 aromatic heterocycles. The molecule has 0 spiro atoms. The molecule has 0 unspecified atom stereocenters. The monoisotopic (exact) mass is 334 g/mol. The standard InChI is InChI=1S/C18H22S3/c1-3-7-17(8-4-1)11-12-20-16-21-14-13-19-15-18-9-5-2-6-10-18/h1-10H,11-16H2. The first-order chi connectivity index (χ1) is 10.4. The molecule has 0 saturated carbocycles. The first kappa shape index (κ1) is 16.9. The van der Waals surface area contributed by atoms with Crippen LogP contribution in [0.4, 0.5) is 0 Å². The Balaban J connectivity index is 1.40. The molecule has 0 saturated heterocycles. The summed E-state index contributed by atoms with van der Waals surface area (Å²) in [6.45, 7) is 0. The molecule has 0 heterocycles. The summed E-state index contributed by atoms with van der Waals surface area (Å²) >= 11 is 6.16. The Kier molecular flexibility index (Phi) is 8.92. The van der Waals surface area contributed by atoms with Crippen molar-refractivity contribution in [2.75, 3.05) is 22.3 Å². The summed E-state index contributed by atoms with van der Waals surface area (Å²) in [7, 11) is 0. The minimum absolute atomic E-state index is 1.14. The van der Waals surface area contributed by atoms with E-state index in [-0.39, 0.29) is 0 Å². The summed E-state index contributed by atoms with van der Waals surface area (Å²) in [4.78, 5) is 0. The minimum atomic E-state index is 1.14. The largest absolute Gasteiger partial charge is 0.156 e. The molecular weight excluding hydrogens is 312 g/mol. The van der Waals surface area contributed by atoms with Crippen molar-refractivity contribution in [3.05, 3.63) is 71.8 Å². The lowest BCUT2D eigenvalue weighted by molar-refractivity contribution is 1.16. The Morgan fingerprint density at radius 2 is 1.14 bits per heavy atom. The van der Waals surface area contributed by atoms with Crippen LogP contribution in [0.1, 0.15) is 11.1 Å². The molecule has 0 radical (unpaired) electrons. The highest BCUT2D eigenvalue weighted by Crippen LogP contribution is 2.17. The molecular formula is C18H22S3. The maximum Gasteiger partial charge on any atom is 0.0392 e. The van der Waals surface area contributed by atoms with E-state index in [4.69, 9.17) is 0 Å². The van der Waals surface area contributed by atoms with E-state index in [1.165, 1.54) is 39.9 Å². The number of hydrogen-bond donors (Lipinski definition) is 0. The summed E-state index contributed by atoms with van der Waals surface area (Å²) in [5.41, 5.74) is 2.89. The third-order valence-electron chi connectivity index (χ3n) is 3.03. The van der Waals surface area contributed by atoms with E-state index in [0.29, 0.717) is 0 Å². The average Bonchev–Trinajstić information content (AvgIpc) is 2.55. The van der Waals surface area contributed by atoms with Crippen molar-refractivity contribution in [1.29, 1.82) is 0 Å². The smallest absolute Gasteiger partial charge is 0.0392 e. The Hall–Kier alpha value is -0.510. The fourth-order valence-electron chi connectivity index (χ4n) is 1.89. The fourth-order valence-corrected chi connectivity index (χ4v) is 5.20. The summed E-state index contributed by atoms with van der Waals surface area (Å²) in [6, 6.07) is 21.5. The zero-order valence-electron chi connectivity index (χ0n) is 12.2. The second kappa shape index (κ2) is 11.1. The maximum atomic E-state index is 2.22. The van der Waals surface area contributed by atoms with Gasteiger partial charge in [-0.2, -0.15) is 35.3 Å². The zero-order valence-corrected chi connectivity index (χ0v) is 14.7. The van der Waals surface area contributed by atoms with E-state index in [0.717, 1.165) is 5.75 Å². The number of aryl methyl sites for hydroxylation is 1. The molecule has 2 rings (SSSR count). The third-order valence-corrected chi connectivity index (χ3v) is 6.64. The normalized spacial score (nSPS) is 10.7. The number of thioether (sulfide) groups is 3. The minimum Gasteiger partial charge on any atom is -0.156 e. The first-order valence-electron chi connectivity index (χ1n) is 7.26. The second-order valence-corrected chi connectivity index (χ2v) is 8.39. The van der Waals surface area contributed by atoms with Crippen LogP contribution in [0, 0.1) is 0 Å². The molecule has 3 heteroatoms. The molecule has 2 aromatic rings. The summed E-state index contributed by atoms with van der Waals surface area (Å²) in [5, 5.41) is 1.22. The van der Waals surface area contributed by atoms with Crippen LogP contribution < -0.4 is 0 Å². The van der Waals surface area contributed by atoms with Gasteiger partial charge in [-0.15, -0.1) is 0 Å². The highest BCUT2D eigenvalue weighted by Gasteiger charge is 1.95. The van der Waals surface area contributed by atoms with Gasteiger partial charge in [-0.3, -0.25) is 0 Å². The van der Waals surface area contributed by atoms with Crippen molar-refractivity contribution in [2.45, 2.75) is 12.2 Å². The highest BCUT2D eigenvalue weighted by atomic mass is 32.2. The predicted molar refractivity (Wildman–Crippen MR) is 103 cm³/mol. The van der Waals surface area contributed by atoms with Crippen molar-refractivity contribution in [2.24, 2.45) is 0 Å². The molecule has 0 amide bonds. The van der Waals surface area contributed by atoms with Gasteiger partial charge in [0, 0.05) is 22.3 Å². The molecule has 0 nitrogen and oxygen atoms in total.